The van der Waals surface area contributed by atoms with Gasteiger partial charge in [-0.25, -0.2) is 0 Å². The molecule has 0 radical (unpaired) electrons. The van der Waals surface area contributed by atoms with E-state index in [1.54, 1.807) is 0 Å². The van der Waals surface area contributed by atoms with Gasteiger partial charge in [0, 0.05) is 11.1 Å². The molecule has 0 aliphatic rings. The van der Waals surface area contributed by atoms with Gasteiger partial charge in [-0.15, -0.1) is 0 Å². The van der Waals surface area contributed by atoms with Crippen LogP contribution < -0.4 is 0 Å². The Hall–Kier alpha value is -2.28. The fourth-order valence-electron chi connectivity index (χ4n) is 3.61. The Bertz CT molecular complexity index is 755. The van der Waals surface area contributed by atoms with E-state index in [9.17, 15) is 5.11 Å². The molecule has 1 heteroatoms. The standard InChI is InChI=1S/C24H30O/c1-7-19(18(6)20-11-9-8-10-12-20)15-21-13-14-22(16(2)3)24(25)23(21)17(4)5/h8-14,18-19,25H,2,4,7,15H2,1,3,5-6H3. The fraction of sp³-hybridized carbons (Fsp3) is 0.333. The molecule has 1 N–H and O–H groups in total. The maximum Gasteiger partial charge on any atom is 0.130 e. The highest BCUT2D eigenvalue weighted by Gasteiger charge is 2.21. The molecular formula is C24H30O. The molecule has 1 nitrogen and oxygen atoms in total. The van der Waals surface area contributed by atoms with Crippen molar-refractivity contribution in [1.29, 1.82) is 0 Å². The second-order valence-electron chi connectivity index (χ2n) is 7.13. The summed E-state index contributed by atoms with van der Waals surface area (Å²) in [4.78, 5) is 0. The number of hydrogen-bond donors (Lipinski definition) is 1. The highest BCUT2D eigenvalue weighted by molar-refractivity contribution is 5.78. The molecule has 0 spiro atoms. The lowest BCUT2D eigenvalue weighted by Gasteiger charge is -2.25. The minimum absolute atomic E-state index is 0.319. The van der Waals surface area contributed by atoms with Gasteiger partial charge >= 0.3 is 0 Å². The highest BCUT2D eigenvalue weighted by atomic mass is 16.3. The van der Waals surface area contributed by atoms with E-state index in [0.29, 0.717) is 17.6 Å². The average molecular weight is 335 g/mol. The number of hydrogen-bond acceptors (Lipinski definition) is 1. The normalized spacial score (nSPS) is 13.3. The molecule has 0 saturated heterocycles. The molecule has 132 valence electrons. The predicted octanol–water partition coefficient (Wildman–Crippen LogP) is 6.83. The van der Waals surface area contributed by atoms with Crippen molar-refractivity contribution in [2.75, 3.05) is 0 Å². The van der Waals surface area contributed by atoms with Crippen LogP contribution in [0.2, 0.25) is 0 Å². The molecule has 0 saturated carbocycles. The minimum Gasteiger partial charge on any atom is -0.507 e. The average Bonchev–Trinajstić information content (AvgIpc) is 2.59. The zero-order valence-electron chi connectivity index (χ0n) is 16.0. The van der Waals surface area contributed by atoms with Crippen LogP contribution in [0.25, 0.3) is 11.1 Å². The Morgan fingerprint density at radius 1 is 1.00 bits per heavy atom. The molecule has 25 heavy (non-hydrogen) atoms. The van der Waals surface area contributed by atoms with E-state index in [2.05, 4.69) is 63.4 Å². The lowest BCUT2D eigenvalue weighted by atomic mass is 9.80. The summed E-state index contributed by atoms with van der Waals surface area (Å²) in [5, 5.41) is 10.7. The van der Waals surface area contributed by atoms with E-state index in [-0.39, 0.29) is 0 Å². The van der Waals surface area contributed by atoms with Gasteiger partial charge in [-0.3, -0.25) is 0 Å². The van der Waals surface area contributed by atoms with Crippen LogP contribution in [-0.2, 0) is 6.42 Å². The third kappa shape index (κ3) is 4.22. The first kappa shape index (κ1) is 19.1. The summed E-state index contributed by atoms with van der Waals surface area (Å²) in [5.41, 5.74) is 6.01. The van der Waals surface area contributed by atoms with Gasteiger partial charge in [0.15, 0.2) is 0 Å². The zero-order valence-corrected chi connectivity index (χ0v) is 16.0. The summed E-state index contributed by atoms with van der Waals surface area (Å²) >= 11 is 0. The Balaban J connectivity index is 2.39. The van der Waals surface area contributed by atoms with Crippen molar-refractivity contribution in [3.05, 3.63) is 77.9 Å². The van der Waals surface area contributed by atoms with Gasteiger partial charge in [0.1, 0.15) is 5.75 Å². The number of phenols is 1. The van der Waals surface area contributed by atoms with Gasteiger partial charge in [0.2, 0.25) is 0 Å². The second-order valence-corrected chi connectivity index (χ2v) is 7.13. The molecule has 2 atom stereocenters. The molecule has 0 aliphatic heterocycles. The molecule has 0 fully saturated rings. The second kappa shape index (κ2) is 8.20. The molecule has 0 heterocycles. The molecule has 2 unspecified atom stereocenters. The van der Waals surface area contributed by atoms with E-state index in [0.717, 1.165) is 35.1 Å². The summed E-state index contributed by atoms with van der Waals surface area (Å²) in [5.74, 6) is 1.29. The number of rotatable bonds is 7. The molecule has 0 amide bonds. The van der Waals surface area contributed by atoms with Crippen molar-refractivity contribution in [2.45, 2.75) is 46.5 Å². The van der Waals surface area contributed by atoms with E-state index < -0.39 is 0 Å². The van der Waals surface area contributed by atoms with Crippen LogP contribution in [0.5, 0.6) is 5.75 Å². The number of allylic oxidation sites excluding steroid dienone is 2. The maximum absolute atomic E-state index is 10.7. The molecule has 0 aliphatic carbocycles. The Kier molecular flexibility index (Phi) is 6.25. The van der Waals surface area contributed by atoms with Crippen LogP contribution in [0.3, 0.4) is 0 Å². The van der Waals surface area contributed by atoms with Gasteiger partial charge in [0.05, 0.1) is 0 Å². The van der Waals surface area contributed by atoms with Gasteiger partial charge in [0.25, 0.3) is 0 Å². The first-order chi connectivity index (χ1) is 11.9. The van der Waals surface area contributed by atoms with Gasteiger partial charge < -0.3 is 5.11 Å². The Morgan fingerprint density at radius 2 is 1.64 bits per heavy atom. The first-order valence-corrected chi connectivity index (χ1v) is 9.08. The van der Waals surface area contributed by atoms with Crippen molar-refractivity contribution in [3.63, 3.8) is 0 Å². The van der Waals surface area contributed by atoms with E-state index in [4.69, 9.17) is 0 Å². The Labute approximate surface area is 152 Å². The Morgan fingerprint density at radius 3 is 2.16 bits per heavy atom. The van der Waals surface area contributed by atoms with E-state index >= 15 is 0 Å². The highest BCUT2D eigenvalue weighted by Crippen LogP contribution is 2.38. The first-order valence-electron chi connectivity index (χ1n) is 9.08. The van der Waals surface area contributed by atoms with Crippen molar-refractivity contribution >= 4 is 11.1 Å². The summed E-state index contributed by atoms with van der Waals surface area (Å²) < 4.78 is 0. The summed E-state index contributed by atoms with van der Waals surface area (Å²) in [6, 6.07) is 14.8. The molecular weight excluding hydrogens is 304 g/mol. The smallest absolute Gasteiger partial charge is 0.130 e. The van der Waals surface area contributed by atoms with Crippen molar-refractivity contribution in [3.8, 4) is 5.75 Å². The van der Waals surface area contributed by atoms with Crippen LogP contribution in [-0.4, -0.2) is 5.11 Å². The number of benzene rings is 2. The van der Waals surface area contributed by atoms with Crippen LogP contribution in [0.4, 0.5) is 0 Å². The lowest BCUT2D eigenvalue weighted by Crippen LogP contribution is -2.13. The monoisotopic (exact) mass is 334 g/mol. The van der Waals surface area contributed by atoms with Crippen LogP contribution in [0.1, 0.15) is 62.3 Å². The number of phenolic OH excluding ortho intramolecular Hbond substituents is 1. The SMILES string of the molecule is C=C(C)c1ccc(CC(CC)C(C)c2ccccc2)c(C(=C)C)c1O. The molecule has 2 rings (SSSR count). The number of aromatic hydroxyl groups is 1. The zero-order chi connectivity index (χ0) is 18.6. The maximum atomic E-state index is 10.7. The van der Waals surface area contributed by atoms with Crippen LogP contribution in [0, 0.1) is 5.92 Å². The lowest BCUT2D eigenvalue weighted by molar-refractivity contribution is 0.426. The van der Waals surface area contributed by atoms with Crippen LogP contribution >= 0.6 is 0 Å². The van der Waals surface area contributed by atoms with Crippen molar-refractivity contribution in [2.24, 2.45) is 5.92 Å². The molecule has 0 aromatic heterocycles. The fourth-order valence-corrected chi connectivity index (χ4v) is 3.61. The van der Waals surface area contributed by atoms with E-state index in [1.807, 2.05) is 19.9 Å². The van der Waals surface area contributed by atoms with Crippen LogP contribution in [0.15, 0.2) is 55.6 Å². The minimum atomic E-state index is 0.319. The quantitative estimate of drug-likeness (QED) is 0.588. The molecule has 0 bridgehead atoms. The van der Waals surface area contributed by atoms with Gasteiger partial charge in [-0.1, -0.05) is 75.9 Å². The van der Waals surface area contributed by atoms with Gasteiger partial charge in [-0.2, -0.15) is 0 Å². The largest absolute Gasteiger partial charge is 0.507 e. The summed E-state index contributed by atoms with van der Waals surface area (Å²) in [6.45, 7) is 16.5. The topological polar surface area (TPSA) is 20.2 Å². The third-order valence-corrected chi connectivity index (χ3v) is 5.19. The molecule has 2 aromatic carbocycles. The molecule has 2 aromatic rings. The van der Waals surface area contributed by atoms with E-state index in [1.165, 1.54) is 11.1 Å². The summed E-state index contributed by atoms with van der Waals surface area (Å²) in [7, 11) is 0. The van der Waals surface area contributed by atoms with Crippen molar-refractivity contribution in [1.82, 2.24) is 0 Å². The van der Waals surface area contributed by atoms with Gasteiger partial charge in [-0.05, 0) is 54.4 Å². The predicted molar refractivity (Wildman–Crippen MR) is 110 cm³/mol. The summed E-state index contributed by atoms with van der Waals surface area (Å²) in [6.07, 6.45) is 2.02. The third-order valence-electron chi connectivity index (χ3n) is 5.19. The van der Waals surface area contributed by atoms with Crippen molar-refractivity contribution < 1.29 is 5.11 Å².